The van der Waals surface area contributed by atoms with Gasteiger partial charge in [-0.15, -0.1) is 0 Å². The van der Waals surface area contributed by atoms with Gasteiger partial charge in [0.05, 0.1) is 11.7 Å². The molecule has 10 heavy (non-hydrogen) atoms. The summed E-state index contributed by atoms with van der Waals surface area (Å²) in [6, 6.07) is 9.78. The predicted octanol–water partition coefficient (Wildman–Crippen LogP) is 1.16. The van der Waals surface area contributed by atoms with Crippen molar-refractivity contribution in [2.45, 2.75) is 0 Å². The van der Waals surface area contributed by atoms with E-state index < -0.39 is 0 Å². The fraction of sp³-hybridized carbons (Fsp3) is 0. The Morgan fingerprint density at radius 3 is 2.90 bits per heavy atom. The zero-order valence-electron chi connectivity index (χ0n) is 5.41. The highest BCUT2D eigenvalue weighted by Crippen LogP contribution is 2.10. The molecule has 0 bridgehead atoms. The van der Waals surface area contributed by atoms with Gasteiger partial charge in [0, 0.05) is 5.39 Å². The van der Waals surface area contributed by atoms with Crippen molar-refractivity contribution in [1.82, 2.24) is 4.68 Å². The van der Waals surface area contributed by atoms with Crippen LogP contribution in [-0.4, -0.2) is 4.68 Å². The van der Waals surface area contributed by atoms with E-state index >= 15 is 0 Å². The highest BCUT2D eigenvalue weighted by molar-refractivity contribution is 5.79. The fourth-order valence-electron chi connectivity index (χ4n) is 1.04. The number of aromatic nitrogens is 1. The van der Waals surface area contributed by atoms with E-state index in [-0.39, 0.29) is 0 Å². The minimum absolute atomic E-state index is 1.02. The molecule has 0 amide bonds. The largest absolute Gasteiger partial charge is 0.339 e. The molecule has 1 heterocycles. The first kappa shape index (κ1) is 5.35. The number of para-hydroxylation sites is 1. The second-order valence-corrected chi connectivity index (χ2v) is 2.20. The Balaban J connectivity index is 2.93. The second kappa shape index (κ2) is 1.77. The number of nitrogen functional groups attached to an aromatic ring is 1. The van der Waals surface area contributed by atoms with E-state index in [1.165, 1.54) is 4.68 Å². The van der Waals surface area contributed by atoms with Crippen LogP contribution >= 0.6 is 0 Å². The van der Waals surface area contributed by atoms with Crippen LogP contribution in [0.4, 0.5) is 0 Å². The van der Waals surface area contributed by atoms with E-state index in [0.717, 1.165) is 10.9 Å². The average molecular weight is 131 g/mol. The molecule has 2 aromatic rings. The topological polar surface area (TPSA) is 30.9 Å². The monoisotopic (exact) mass is 131 g/mol. The normalized spacial score (nSPS) is 10.4. The van der Waals surface area contributed by atoms with Gasteiger partial charge in [-0.3, -0.25) is 4.68 Å². The minimum atomic E-state index is 1.02. The molecule has 2 heteroatoms. The van der Waals surface area contributed by atoms with Crippen molar-refractivity contribution in [2.75, 3.05) is 5.84 Å². The summed E-state index contributed by atoms with van der Waals surface area (Å²) in [7, 11) is 0. The van der Waals surface area contributed by atoms with Crippen molar-refractivity contribution in [2.24, 2.45) is 0 Å². The third-order valence-electron chi connectivity index (χ3n) is 1.56. The van der Waals surface area contributed by atoms with Crippen molar-refractivity contribution in [3.05, 3.63) is 36.5 Å². The maximum absolute atomic E-state index is 5.54. The fourth-order valence-corrected chi connectivity index (χ4v) is 1.04. The Bertz CT molecular complexity index is 349. The van der Waals surface area contributed by atoms with Crippen LogP contribution < -0.4 is 5.84 Å². The highest BCUT2D eigenvalue weighted by Gasteiger charge is 1.93. The molecule has 49 valence electrons. The molecule has 1 aromatic heterocycles. The smallest absolute Gasteiger partial charge is 0.0887 e. The Morgan fingerprint density at radius 2 is 2.10 bits per heavy atom. The average Bonchev–Trinajstić information content (AvgIpc) is 2.34. The van der Waals surface area contributed by atoms with E-state index in [4.69, 9.17) is 5.84 Å². The lowest BCUT2D eigenvalue weighted by Crippen LogP contribution is -2.04. The summed E-state index contributed by atoms with van der Waals surface area (Å²) in [5.74, 6) is 5.54. The lowest BCUT2D eigenvalue weighted by atomic mass is 10.3. The van der Waals surface area contributed by atoms with E-state index in [1.807, 2.05) is 30.3 Å². The summed E-state index contributed by atoms with van der Waals surface area (Å²) in [6.45, 7) is 0. The molecule has 0 spiro atoms. The van der Waals surface area contributed by atoms with Gasteiger partial charge < -0.3 is 5.84 Å². The first-order valence-corrected chi connectivity index (χ1v) is 3.11. The number of hydrogen-bond acceptors (Lipinski definition) is 1. The molecule has 2 rings (SSSR count). The van der Waals surface area contributed by atoms with Crippen LogP contribution in [0.15, 0.2) is 30.3 Å². The Morgan fingerprint density at radius 1 is 1.30 bits per heavy atom. The number of hydrogen-bond donors (Lipinski definition) is 1. The first-order chi connectivity index (χ1) is 4.88. The van der Waals surface area contributed by atoms with Crippen LogP contribution in [0.5, 0.6) is 0 Å². The molecule has 1 aromatic carbocycles. The third-order valence-corrected chi connectivity index (χ3v) is 1.56. The molecule has 0 fully saturated rings. The SMILES string of the molecule is Nn1[c]cc2ccccc21. The maximum Gasteiger partial charge on any atom is 0.0887 e. The second-order valence-electron chi connectivity index (χ2n) is 2.20. The summed E-state index contributed by atoms with van der Waals surface area (Å²) in [4.78, 5) is 0. The van der Waals surface area contributed by atoms with E-state index in [2.05, 4.69) is 6.20 Å². The lowest BCUT2D eigenvalue weighted by molar-refractivity contribution is 1.06. The number of fused-ring (bicyclic) bond motifs is 1. The van der Waals surface area contributed by atoms with E-state index in [0.29, 0.717) is 0 Å². The van der Waals surface area contributed by atoms with Gasteiger partial charge in [0.2, 0.25) is 0 Å². The quantitative estimate of drug-likeness (QED) is 0.534. The van der Waals surface area contributed by atoms with Crippen molar-refractivity contribution < 1.29 is 0 Å². The van der Waals surface area contributed by atoms with Crippen molar-refractivity contribution in [3.63, 3.8) is 0 Å². The Hall–Kier alpha value is -1.44. The van der Waals surface area contributed by atoms with Crippen LogP contribution in [0.3, 0.4) is 0 Å². The number of nitrogens with two attached hydrogens (primary N) is 1. The third kappa shape index (κ3) is 0.589. The van der Waals surface area contributed by atoms with Crippen LogP contribution in [0.25, 0.3) is 10.9 Å². The van der Waals surface area contributed by atoms with Gasteiger partial charge >= 0.3 is 0 Å². The zero-order valence-corrected chi connectivity index (χ0v) is 5.41. The molecule has 0 aliphatic carbocycles. The van der Waals surface area contributed by atoms with Crippen LogP contribution in [-0.2, 0) is 0 Å². The highest BCUT2D eigenvalue weighted by atomic mass is 15.3. The molecule has 0 aliphatic heterocycles. The molecule has 0 aliphatic rings. The molecule has 0 atom stereocenters. The van der Waals surface area contributed by atoms with Crippen LogP contribution in [0.1, 0.15) is 0 Å². The maximum atomic E-state index is 5.54. The Labute approximate surface area is 58.8 Å². The number of benzene rings is 1. The predicted molar refractivity (Wildman–Crippen MR) is 40.9 cm³/mol. The summed E-state index contributed by atoms with van der Waals surface area (Å²) in [5, 5.41) is 1.13. The van der Waals surface area contributed by atoms with Gasteiger partial charge in [-0.2, -0.15) is 0 Å². The molecule has 0 unspecified atom stereocenters. The van der Waals surface area contributed by atoms with Gasteiger partial charge in [0.25, 0.3) is 0 Å². The van der Waals surface area contributed by atoms with Crippen molar-refractivity contribution in [3.8, 4) is 0 Å². The minimum Gasteiger partial charge on any atom is -0.339 e. The lowest BCUT2D eigenvalue weighted by Gasteiger charge is -1.92. The van der Waals surface area contributed by atoms with Crippen molar-refractivity contribution in [1.29, 1.82) is 0 Å². The van der Waals surface area contributed by atoms with E-state index in [9.17, 15) is 0 Å². The van der Waals surface area contributed by atoms with Gasteiger partial charge in [-0.25, -0.2) is 0 Å². The van der Waals surface area contributed by atoms with Crippen LogP contribution in [0, 0.1) is 6.20 Å². The molecule has 2 N–H and O–H groups in total. The summed E-state index contributed by atoms with van der Waals surface area (Å²) < 4.78 is 1.50. The van der Waals surface area contributed by atoms with E-state index in [1.54, 1.807) is 0 Å². The summed E-state index contributed by atoms with van der Waals surface area (Å²) >= 11 is 0. The van der Waals surface area contributed by atoms with Crippen LogP contribution in [0.2, 0.25) is 0 Å². The standard InChI is InChI=1S/C8H7N2/c9-10-6-5-7-3-1-2-4-8(7)10/h1-5H,9H2. The van der Waals surface area contributed by atoms with Gasteiger partial charge in [0.1, 0.15) is 0 Å². The number of rotatable bonds is 0. The van der Waals surface area contributed by atoms with Crippen molar-refractivity contribution >= 4 is 10.9 Å². The van der Waals surface area contributed by atoms with Gasteiger partial charge in [-0.1, -0.05) is 18.2 Å². The molecular formula is C8H7N2. The Kier molecular flexibility index (Phi) is 0.947. The summed E-state index contributed by atoms with van der Waals surface area (Å²) in [6.07, 6.45) is 2.87. The zero-order chi connectivity index (χ0) is 6.97. The molecule has 0 saturated heterocycles. The van der Waals surface area contributed by atoms with Gasteiger partial charge in [-0.05, 0) is 12.1 Å². The molecule has 1 radical (unpaired) electrons. The molecule has 0 saturated carbocycles. The molecular weight excluding hydrogens is 124 g/mol. The first-order valence-electron chi connectivity index (χ1n) is 3.11. The van der Waals surface area contributed by atoms with Gasteiger partial charge in [0.15, 0.2) is 0 Å². The number of nitrogens with zero attached hydrogens (tertiary/aromatic N) is 1. The summed E-state index contributed by atoms with van der Waals surface area (Å²) in [5.41, 5.74) is 1.02. The molecule has 2 nitrogen and oxygen atoms in total.